The number of unbranched alkanes of at least 4 members (excludes halogenated alkanes) is 1. The Morgan fingerprint density at radius 1 is 1.64 bits per heavy atom. The average molecular weight is 200 g/mol. The van der Waals surface area contributed by atoms with E-state index in [9.17, 15) is 4.79 Å². The van der Waals surface area contributed by atoms with Gasteiger partial charge in [-0.3, -0.25) is 0 Å². The minimum absolute atomic E-state index is 0.215. The van der Waals surface area contributed by atoms with Gasteiger partial charge in [0.2, 0.25) is 0 Å². The minimum atomic E-state index is -0.232. The van der Waals surface area contributed by atoms with Crippen molar-refractivity contribution in [2.75, 3.05) is 19.7 Å². The van der Waals surface area contributed by atoms with Gasteiger partial charge in [-0.1, -0.05) is 13.3 Å². The maximum Gasteiger partial charge on any atom is 0.409 e. The second-order valence-corrected chi connectivity index (χ2v) is 4.29. The van der Waals surface area contributed by atoms with Crippen molar-refractivity contribution in [2.45, 2.75) is 38.6 Å². The molecular formula is C10H20N2O2. The van der Waals surface area contributed by atoms with Crippen LogP contribution in [0.15, 0.2) is 0 Å². The molecule has 0 aromatic rings. The van der Waals surface area contributed by atoms with Crippen molar-refractivity contribution in [2.24, 2.45) is 5.73 Å². The summed E-state index contributed by atoms with van der Waals surface area (Å²) in [6, 6.07) is 0. The number of carbonyl (C=O) groups is 1. The van der Waals surface area contributed by atoms with E-state index in [1.54, 1.807) is 4.90 Å². The largest absolute Gasteiger partial charge is 0.449 e. The van der Waals surface area contributed by atoms with Crippen molar-refractivity contribution in [1.29, 1.82) is 0 Å². The zero-order chi connectivity index (χ0) is 10.6. The van der Waals surface area contributed by atoms with Gasteiger partial charge in [0.1, 0.15) is 0 Å². The third kappa shape index (κ3) is 3.18. The zero-order valence-corrected chi connectivity index (χ0v) is 9.08. The van der Waals surface area contributed by atoms with Gasteiger partial charge < -0.3 is 15.4 Å². The van der Waals surface area contributed by atoms with Crippen molar-refractivity contribution in [3.05, 3.63) is 0 Å². The van der Waals surface area contributed by atoms with Crippen molar-refractivity contribution < 1.29 is 9.53 Å². The molecule has 2 N–H and O–H groups in total. The van der Waals surface area contributed by atoms with Gasteiger partial charge >= 0.3 is 6.09 Å². The molecule has 0 aromatic carbocycles. The summed E-state index contributed by atoms with van der Waals surface area (Å²) in [5.41, 5.74) is 5.68. The highest BCUT2D eigenvalue weighted by Gasteiger charge is 2.33. The van der Waals surface area contributed by atoms with Gasteiger partial charge in [0.25, 0.3) is 0 Å². The first kappa shape index (κ1) is 11.3. The number of likely N-dealkylation sites (tertiary alicyclic amines) is 1. The lowest BCUT2D eigenvalue weighted by Crippen LogP contribution is -2.40. The third-order valence-electron chi connectivity index (χ3n) is 2.49. The van der Waals surface area contributed by atoms with Gasteiger partial charge in [0.15, 0.2) is 0 Å². The fraction of sp³-hybridized carbons (Fsp3) is 0.900. The van der Waals surface area contributed by atoms with Crippen LogP contribution in [0.5, 0.6) is 0 Å². The maximum atomic E-state index is 11.5. The van der Waals surface area contributed by atoms with Gasteiger partial charge in [-0.25, -0.2) is 4.79 Å². The Balaban J connectivity index is 2.25. The van der Waals surface area contributed by atoms with Crippen LogP contribution < -0.4 is 5.73 Å². The summed E-state index contributed by atoms with van der Waals surface area (Å²) in [5, 5.41) is 0. The third-order valence-corrected chi connectivity index (χ3v) is 2.49. The molecule has 4 nitrogen and oxygen atoms in total. The quantitative estimate of drug-likeness (QED) is 0.699. The Kier molecular flexibility index (Phi) is 3.75. The van der Waals surface area contributed by atoms with Crippen LogP contribution in [0.3, 0.4) is 0 Å². The summed E-state index contributed by atoms with van der Waals surface area (Å²) in [5.74, 6) is 0. The molecule has 0 aliphatic carbocycles. The number of rotatable bonds is 3. The van der Waals surface area contributed by atoms with Crippen molar-refractivity contribution >= 4 is 6.09 Å². The molecule has 0 saturated carbocycles. The summed E-state index contributed by atoms with van der Waals surface area (Å²) >= 11 is 0. The fourth-order valence-corrected chi connectivity index (χ4v) is 1.54. The molecule has 0 aromatic heterocycles. The molecule has 1 rings (SSSR count). The molecule has 4 heteroatoms. The van der Waals surface area contributed by atoms with E-state index in [0.717, 1.165) is 25.8 Å². The number of hydrogen-bond donors (Lipinski definition) is 1. The summed E-state index contributed by atoms with van der Waals surface area (Å²) in [7, 11) is 0. The van der Waals surface area contributed by atoms with Crippen LogP contribution >= 0.6 is 0 Å². The number of nitrogens with two attached hydrogens (primary N) is 1. The second kappa shape index (κ2) is 4.64. The first-order valence-electron chi connectivity index (χ1n) is 5.26. The summed E-state index contributed by atoms with van der Waals surface area (Å²) < 4.78 is 5.09. The Labute approximate surface area is 85.4 Å². The van der Waals surface area contributed by atoms with E-state index in [4.69, 9.17) is 10.5 Å². The second-order valence-electron chi connectivity index (χ2n) is 4.29. The molecule has 1 unspecified atom stereocenters. The highest BCUT2D eigenvalue weighted by Crippen LogP contribution is 2.18. The fourth-order valence-electron chi connectivity index (χ4n) is 1.54. The van der Waals surface area contributed by atoms with Crippen molar-refractivity contribution in [3.63, 3.8) is 0 Å². The topological polar surface area (TPSA) is 55.6 Å². The molecular weight excluding hydrogens is 180 g/mol. The van der Waals surface area contributed by atoms with Gasteiger partial charge in [0, 0.05) is 18.6 Å². The van der Waals surface area contributed by atoms with Crippen LogP contribution in [0.1, 0.15) is 33.1 Å². The lowest BCUT2D eigenvalue weighted by molar-refractivity contribution is 0.107. The van der Waals surface area contributed by atoms with Crippen molar-refractivity contribution in [1.82, 2.24) is 4.90 Å². The van der Waals surface area contributed by atoms with Crippen LogP contribution in [-0.2, 0) is 4.74 Å². The molecule has 1 aliphatic rings. The van der Waals surface area contributed by atoms with E-state index in [-0.39, 0.29) is 11.6 Å². The van der Waals surface area contributed by atoms with E-state index in [1.165, 1.54) is 0 Å². The van der Waals surface area contributed by atoms with Crippen LogP contribution in [0.2, 0.25) is 0 Å². The Morgan fingerprint density at radius 3 is 2.86 bits per heavy atom. The highest BCUT2D eigenvalue weighted by atomic mass is 16.6. The predicted octanol–water partition coefficient (Wildman–Crippen LogP) is 1.35. The first-order chi connectivity index (χ1) is 6.55. The minimum Gasteiger partial charge on any atom is -0.449 e. The Hall–Kier alpha value is -0.770. The van der Waals surface area contributed by atoms with Gasteiger partial charge in [0.05, 0.1) is 6.61 Å². The lowest BCUT2D eigenvalue weighted by Gasteiger charge is -2.19. The number of nitrogens with zero attached hydrogens (tertiary/aromatic N) is 1. The lowest BCUT2D eigenvalue weighted by atomic mass is 10.0. The normalized spacial score (nSPS) is 26.6. The smallest absolute Gasteiger partial charge is 0.409 e. The molecule has 0 radical (unpaired) electrons. The summed E-state index contributed by atoms with van der Waals surface area (Å²) in [6.07, 6.45) is 2.62. The summed E-state index contributed by atoms with van der Waals surface area (Å²) in [6.45, 7) is 5.88. The molecule has 1 heterocycles. The van der Waals surface area contributed by atoms with E-state index >= 15 is 0 Å². The molecule has 0 spiro atoms. The standard InChI is InChI=1S/C10H20N2O2/c1-3-4-7-14-9(13)12-6-5-10(2,11)8-12/h3-8,11H2,1-2H3. The molecule has 1 aliphatic heterocycles. The van der Waals surface area contributed by atoms with Gasteiger partial charge in [-0.2, -0.15) is 0 Å². The number of amides is 1. The number of ether oxygens (including phenoxy) is 1. The zero-order valence-electron chi connectivity index (χ0n) is 9.08. The molecule has 1 atom stereocenters. The predicted molar refractivity (Wildman–Crippen MR) is 55.0 cm³/mol. The van der Waals surface area contributed by atoms with Gasteiger partial charge in [-0.05, 0) is 19.8 Å². The Bertz CT molecular complexity index is 204. The van der Waals surface area contributed by atoms with Crippen LogP contribution in [-0.4, -0.2) is 36.2 Å². The monoisotopic (exact) mass is 200 g/mol. The van der Waals surface area contributed by atoms with Crippen LogP contribution in [0.4, 0.5) is 4.79 Å². The average Bonchev–Trinajstić information content (AvgIpc) is 2.46. The van der Waals surface area contributed by atoms with E-state index in [1.807, 2.05) is 6.92 Å². The molecule has 1 saturated heterocycles. The SMILES string of the molecule is CCCCOC(=O)N1CCC(C)(N)C1. The summed E-state index contributed by atoms with van der Waals surface area (Å²) in [4.78, 5) is 13.1. The van der Waals surface area contributed by atoms with E-state index in [2.05, 4.69) is 6.92 Å². The van der Waals surface area contributed by atoms with Crippen LogP contribution in [0, 0.1) is 0 Å². The molecule has 0 bridgehead atoms. The molecule has 1 fully saturated rings. The molecule has 82 valence electrons. The molecule has 1 amide bonds. The van der Waals surface area contributed by atoms with E-state index in [0.29, 0.717) is 13.2 Å². The molecule has 14 heavy (non-hydrogen) atoms. The number of carbonyl (C=O) groups excluding carboxylic acids is 1. The van der Waals surface area contributed by atoms with Crippen molar-refractivity contribution in [3.8, 4) is 0 Å². The first-order valence-corrected chi connectivity index (χ1v) is 5.26. The highest BCUT2D eigenvalue weighted by molar-refractivity contribution is 5.68. The maximum absolute atomic E-state index is 11.5. The van der Waals surface area contributed by atoms with Crippen LogP contribution in [0.25, 0.3) is 0 Å². The number of hydrogen-bond acceptors (Lipinski definition) is 3. The van der Waals surface area contributed by atoms with E-state index < -0.39 is 0 Å². The van der Waals surface area contributed by atoms with Gasteiger partial charge in [-0.15, -0.1) is 0 Å². The Morgan fingerprint density at radius 2 is 2.36 bits per heavy atom.